The summed E-state index contributed by atoms with van der Waals surface area (Å²) in [5.74, 6) is 0. The van der Waals surface area contributed by atoms with Crippen molar-refractivity contribution in [2.24, 2.45) is 11.5 Å². The van der Waals surface area contributed by atoms with Crippen molar-refractivity contribution in [2.45, 2.75) is 16.9 Å². The molecule has 3 nitrogen and oxygen atoms in total. The Morgan fingerprint density at radius 3 is 2.59 bits per heavy atom. The van der Waals surface area contributed by atoms with E-state index in [4.69, 9.17) is 16.7 Å². The lowest BCUT2D eigenvalue weighted by atomic mass is 9.92. The second-order valence-electron chi connectivity index (χ2n) is 3.97. The summed E-state index contributed by atoms with van der Waals surface area (Å²) in [5.41, 5.74) is 11.5. The maximum atomic E-state index is 8.93. The molecule has 1 aliphatic rings. The lowest BCUT2D eigenvalue weighted by Gasteiger charge is -2.23. The first-order chi connectivity index (χ1) is 8.13. The maximum Gasteiger partial charge on any atom is 0.128 e. The number of allylic oxidation sites excluding steroid dienone is 1. The standard InChI is InChI=1S/C13H13N3S/c14-9-13(16)7-6-12(11(15)8-13)17-10-4-2-1-3-5-10/h1-7H,8,15-16H2. The summed E-state index contributed by atoms with van der Waals surface area (Å²) in [7, 11) is 0. The number of hydrogen-bond acceptors (Lipinski definition) is 4. The molecule has 0 bridgehead atoms. The number of benzene rings is 1. The first kappa shape index (κ1) is 11.8. The lowest BCUT2D eigenvalue weighted by Crippen LogP contribution is -2.38. The molecule has 0 saturated carbocycles. The topological polar surface area (TPSA) is 75.8 Å². The SMILES string of the molecule is N#CC1(N)C=CC(Sc2ccccc2)=C(N)C1. The monoisotopic (exact) mass is 243 g/mol. The van der Waals surface area contributed by atoms with E-state index in [-0.39, 0.29) is 0 Å². The van der Waals surface area contributed by atoms with Gasteiger partial charge in [0, 0.05) is 21.9 Å². The molecule has 2 rings (SSSR count). The largest absolute Gasteiger partial charge is 0.401 e. The van der Waals surface area contributed by atoms with Crippen molar-refractivity contribution in [1.82, 2.24) is 0 Å². The van der Waals surface area contributed by atoms with Crippen LogP contribution < -0.4 is 11.5 Å². The summed E-state index contributed by atoms with van der Waals surface area (Å²) in [4.78, 5) is 2.09. The van der Waals surface area contributed by atoms with E-state index in [0.717, 1.165) is 9.80 Å². The first-order valence-corrected chi connectivity index (χ1v) is 6.05. The van der Waals surface area contributed by atoms with Crippen molar-refractivity contribution in [2.75, 3.05) is 0 Å². The number of rotatable bonds is 2. The van der Waals surface area contributed by atoms with Gasteiger partial charge in [0.05, 0.1) is 6.07 Å². The zero-order valence-corrected chi connectivity index (χ0v) is 10.1. The van der Waals surface area contributed by atoms with Gasteiger partial charge in [0.2, 0.25) is 0 Å². The van der Waals surface area contributed by atoms with Crippen molar-refractivity contribution in [3.05, 3.63) is 53.1 Å². The van der Waals surface area contributed by atoms with Gasteiger partial charge in [-0.05, 0) is 24.3 Å². The molecule has 0 saturated heterocycles. The Hall–Kier alpha value is -1.70. The molecule has 0 amide bonds. The van der Waals surface area contributed by atoms with Crippen molar-refractivity contribution < 1.29 is 0 Å². The maximum absolute atomic E-state index is 8.93. The van der Waals surface area contributed by atoms with Gasteiger partial charge in [-0.2, -0.15) is 5.26 Å². The molecule has 1 aromatic rings. The second-order valence-corrected chi connectivity index (χ2v) is 5.08. The Morgan fingerprint density at radius 2 is 2.00 bits per heavy atom. The number of nitrogens with zero attached hydrogens (tertiary/aromatic N) is 1. The molecule has 86 valence electrons. The Morgan fingerprint density at radius 1 is 1.29 bits per heavy atom. The highest BCUT2D eigenvalue weighted by atomic mass is 32.2. The molecule has 4 N–H and O–H groups in total. The number of thioether (sulfide) groups is 1. The van der Waals surface area contributed by atoms with Crippen LogP contribution in [0.15, 0.2) is 58.0 Å². The van der Waals surface area contributed by atoms with Gasteiger partial charge in [-0.3, -0.25) is 0 Å². The van der Waals surface area contributed by atoms with Crippen LogP contribution in [-0.4, -0.2) is 5.54 Å². The molecular weight excluding hydrogens is 230 g/mol. The zero-order valence-electron chi connectivity index (χ0n) is 9.26. The molecule has 0 radical (unpaired) electrons. The Labute approximate surface area is 105 Å². The predicted molar refractivity (Wildman–Crippen MR) is 69.8 cm³/mol. The average molecular weight is 243 g/mol. The van der Waals surface area contributed by atoms with Crippen LogP contribution in [0.2, 0.25) is 0 Å². The van der Waals surface area contributed by atoms with Gasteiger partial charge >= 0.3 is 0 Å². The number of nitriles is 1. The van der Waals surface area contributed by atoms with E-state index < -0.39 is 5.54 Å². The fraction of sp³-hybridized carbons (Fsp3) is 0.154. The smallest absolute Gasteiger partial charge is 0.128 e. The van der Waals surface area contributed by atoms with Crippen LogP contribution in [-0.2, 0) is 0 Å². The third-order valence-electron chi connectivity index (χ3n) is 2.51. The quantitative estimate of drug-likeness (QED) is 0.834. The minimum atomic E-state index is -0.954. The van der Waals surface area contributed by atoms with Crippen LogP contribution in [0.3, 0.4) is 0 Å². The van der Waals surface area contributed by atoms with Crippen molar-refractivity contribution in [3.8, 4) is 6.07 Å². The second kappa shape index (κ2) is 4.66. The summed E-state index contributed by atoms with van der Waals surface area (Å²) in [6, 6.07) is 12.0. The number of nitrogens with two attached hydrogens (primary N) is 2. The lowest BCUT2D eigenvalue weighted by molar-refractivity contribution is 0.646. The zero-order chi connectivity index (χ0) is 12.3. The number of hydrogen-bond donors (Lipinski definition) is 2. The van der Waals surface area contributed by atoms with Crippen molar-refractivity contribution in [3.63, 3.8) is 0 Å². The summed E-state index contributed by atoms with van der Waals surface area (Å²) in [6.45, 7) is 0. The molecule has 0 heterocycles. The van der Waals surface area contributed by atoms with Crippen molar-refractivity contribution in [1.29, 1.82) is 5.26 Å². The van der Waals surface area contributed by atoms with E-state index in [9.17, 15) is 0 Å². The molecule has 1 unspecified atom stereocenters. The van der Waals surface area contributed by atoms with E-state index in [1.807, 2.05) is 36.4 Å². The van der Waals surface area contributed by atoms with E-state index in [2.05, 4.69) is 6.07 Å². The Kier molecular flexibility index (Phi) is 3.23. The van der Waals surface area contributed by atoms with Crippen molar-refractivity contribution >= 4 is 11.8 Å². The van der Waals surface area contributed by atoms with Gasteiger partial charge < -0.3 is 11.5 Å². The Bertz CT molecular complexity index is 513. The van der Waals surface area contributed by atoms with Crippen LogP contribution in [0, 0.1) is 11.3 Å². The first-order valence-electron chi connectivity index (χ1n) is 5.24. The van der Waals surface area contributed by atoms with Crippen LogP contribution in [0.4, 0.5) is 0 Å². The molecule has 1 aliphatic carbocycles. The van der Waals surface area contributed by atoms with Gasteiger partial charge in [-0.25, -0.2) is 0 Å². The van der Waals surface area contributed by atoms with Gasteiger partial charge in [0.25, 0.3) is 0 Å². The molecule has 1 aromatic carbocycles. The molecule has 0 aliphatic heterocycles. The molecule has 4 heteroatoms. The Balaban J connectivity index is 2.18. The summed E-state index contributed by atoms with van der Waals surface area (Å²) < 4.78 is 0. The molecule has 0 spiro atoms. The third kappa shape index (κ3) is 2.70. The van der Waals surface area contributed by atoms with Crippen LogP contribution in [0.5, 0.6) is 0 Å². The fourth-order valence-electron chi connectivity index (χ4n) is 1.58. The minimum Gasteiger partial charge on any atom is -0.401 e. The summed E-state index contributed by atoms with van der Waals surface area (Å²) >= 11 is 1.59. The van der Waals surface area contributed by atoms with E-state index >= 15 is 0 Å². The highest BCUT2D eigenvalue weighted by Gasteiger charge is 2.26. The van der Waals surface area contributed by atoms with Crippen LogP contribution >= 0.6 is 11.8 Å². The van der Waals surface area contributed by atoms with Crippen LogP contribution in [0.1, 0.15) is 6.42 Å². The molecule has 1 atom stereocenters. The summed E-state index contributed by atoms with van der Waals surface area (Å²) in [6.07, 6.45) is 3.93. The minimum absolute atomic E-state index is 0.384. The molecule has 17 heavy (non-hydrogen) atoms. The van der Waals surface area contributed by atoms with Gasteiger partial charge in [-0.1, -0.05) is 30.0 Å². The summed E-state index contributed by atoms with van der Waals surface area (Å²) in [5, 5.41) is 8.93. The predicted octanol–water partition coefficient (Wildman–Crippen LogP) is 2.13. The van der Waals surface area contributed by atoms with E-state index in [1.165, 1.54) is 0 Å². The van der Waals surface area contributed by atoms with Gasteiger partial charge in [-0.15, -0.1) is 0 Å². The van der Waals surface area contributed by atoms with Gasteiger partial charge in [0.1, 0.15) is 5.54 Å². The van der Waals surface area contributed by atoms with E-state index in [1.54, 1.807) is 17.8 Å². The van der Waals surface area contributed by atoms with Crippen LogP contribution in [0.25, 0.3) is 0 Å². The molecule has 0 fully saturated rings. The average Bonchev–Trinajstić information content (AvgIpc) is 2.34. The van der Waals surface area contributed by atoms with E-state index in [0.29, 0.717) is 12.1 Å². The molecular formula is C13H13N3S. The highest BCUT2D eigenvalue weighted by Crippen LogP contribution is 2.33. The van der Waals surface area contributed by atoms with Gasteiger partial charge in [0.15, 0.2) is 0 Å². The normalized spacial score (nSPS) is 23.5. The molecule has 0 aromatic heterocycles. The highest BCUT2D eigenvalue weighted by molar-refractivity contribution is 8.03. The third-order valence-corrected chi connectivity index (χ3v) is 3.64. The fourth-order valence-corrected chi connectivity index (χ4v) is 2.47.